The minimum atomic E-state index is -0.101. The number of rotatable bonds is 5. The van der Waals surface area contributed by atoms with Gasteiger partial charge in [-0.2, -0.15) is 5.10 Å². The highest BCUT2D eigenvalue weighted by Gasteiger charge is 2.18. The van der Waals surface area contributed by atoms with Crippen molar-refractivity contribution < 1.29 is 4.79 Å². The third-order valence-electron chi connectivity index (χ3n) is 6.20. The third-order valence-corrected chi connectivity index (χ3v) is 6.20. The second-order valence-corrected chi connectivity index (χ2v) is 10.5. The molecule has 9 nitrogen and oxygen atoms in total. The smallest absolute Gasteiger partial charge is 0.224 e. The fourth-order valence-corrected chi connectivity index (χ4v) is 4.52. The average molecular weight is 503 g/mol. The van der Waals surface area contributed by atoms with Crippen molar-refractivity contribution in [2.75, 3.05) is 5.32 Å². The van der Waals surface area contributed by atoms with Crippen LogP contribution in [-0.2, 0) is 4.79 Å². The van der Waals surface area contributed by atoms with Crippen LogP contribution < -0.4 is 5.32 Å². The molecule has 0 fully saturated rings. The summed E-state index contributed by atoms with van der Waals surface area (Å²) in [6.45, 7) is 6.10. The maximum atomic E-state index is 12.4. The predicted molar refractivity (Wildman–Crippen MR) is 148 cm³/mol. The number of H-pyrrole nitrogens is 2. The zero-order chi connectivity index (χ0) is 26.3. The molecule has 0 saturated heterocycles. The van der Waals surface area contributed by atoms with Crippen LogP contribution in [0.25, 0.3) is 55.7 Å². The molecule has 0 aromatic carbocycles. The summed E-state index contributed by atoms with van der Waals surface area (Å²) in [4.78, 5) is 33.7. The highest BCUT2D eigenvalue weighted by Crippen LogP contribution is 2.34. The lowest BCUT2D eigenvalue weighted by Gasteiger charge is -2.17. The summed E-state index contributed by atoms with van der Waals surface area (Å²) in [5.41, 5.74) is 7.21. The van der Waals surface area contributed by atoms with E-state index < -0.39 is 0 Å². The van der Waals surface area contributed by atoms with Gasteiger partial charge in [-0.05, 0) is 35.7 Å². The SMILES string of the molecule is CC(C)(C)CC(=O)Nc1cncc(-c2cc3c(-c4cc5c(-c6ccccn6)cncc5[nH]4)n[nH]c3cn2)c1. The first-order valence-electron chi connectivity index (χ1n) is 12.3. The molecule has 0 aliphatic heterocycles. The van der Waals surface area contributed by atoms with Crippen LogP contribution in [0.1, 0.15) is 27.2 Å². The number of fused-ring (bicyclic) bond motifs is 2. The normalized spacial score (nSPS) is 11.8. The largest absolute Gasteiger partial charge is 0.352 e. The molecule has 6 heterocycles. The Morgan fingerprint density at radius 3 is 2.58 bits per heavy atom. The number of nitrogens with one attached hydrogen (secondary N) is 3. The summed E-state index contributed by atoms with van der Waals surface area (Å²) in [6.07, 6.45) is 11.0. The Kier molecular flexibility index (Phi) is 5.68. The number of carbonyl (C=O) groups excluding carboxylic acids is 1. The minimum absolute atomic E-state index is 0.0460. The molecule has 0 atom stereocenters. The van der Waals surface area contributed by atoms with Gasteiger partial charge in [0.2, 0.25) is 5.91 Å². The molecule has 0 unspecified atom stereocenters. The van der Waals surface area contributed by atoms with Gasteiger partial charge in [0.15, 0.2) is 0 Å². The molecule has 0 aliphatic carbocycles. The van der Waals surface area contributed by atoms with Crippen LogP contribution in [0.5, 0.6) is 0 Å². The lowest BCUT2D eigenvalue weighted by atomic mass is 9.92. The van der Waals surface area contributed by atoms with Gasteiger partial charge in [0.25, 0.3) is 0 Å². The highest BCUT2D eigenvalue weighted by molar-refractivity contribution is 6.00. The number of nitrogens with zero attached hydrogens (tertiary/aromatic N) is 5. The number of anilines is 1. The zero-order valence-corrected chi connectivity index (χ0v) is 21.3. The number of aromatic amines is 2. The van der Waals surface area contributed by atoms with Crippen molar-refractivity contribution in [3.8, 4) is 33.9 Å². The van der Waals surface area contributed by atoms with Gasteiger partial charge in [-0.15, -0.1) is 0 Å². The average Bonchev–Trinajstić information content (AvgIpc) is 3.51. The van der Waals surface area contributed by atoms with Crippen LogP contribution in [0.4, 0.5) is 5.69 Å². The first kappa shape index (κ1) is 23.5. The van der Waals surface area contributed by atoms with Gasteiger partial charge in [-0.3, -0.25) is 29.8 Å². The minimum Gasteiger partial charge on any atom is -0.352 e. The molecule has 0 bridgehead atoms. The Morgan fingerprint density at radius 2 is 1.76 bits per heavy atom. The van der Waals surface area contributed by atoms with E-state index in [1.165, 1.54) is 0 Å². The van der Waals surface area contributed by atoms with Gasteiger partial charge in [-0.25, -0.2) is 0 Å². The molecule has 3 N–H and O–H groups in total. The number of hydrogen-bond acceptors (Lipinski definition) is 6. The van der Waals surface area contributed by atoms with E-state index >= 15 is 0 Å². The van der Waals surface area contributed by atoms with Crippen molar-refractivity contribution in [1.82, 2.24) is 35.1 Å². The monoisotopic (exact) mass is 502 g/mol. The Hall–Kier alpha value is -4.92. The Balaban J connectivity index is 1.36. The first-order chi connectivity index (χ1) is 18.3. The van der Waals surface area contributed by atoms with E-state index in [-0.39, 0.29) is 11.3 Å². The summed E-state index contributed by atoms with van der Waals surface area (Å²) in [6, 6.07) is 11.8. The van der Waals surface area contributed by atoms with E-state index in [1.54, 1.807) is 31.0 Å². The van der Waals surface area contributed by atoms with E-state index in [2.05, 4.69) is 46.5 Å². The summed E-state index contributed by atoms with van der Waals surface area (Å²) in [5.74, 6) is -0.0460. The van der Waals surface area contributed by atoms with Crippen LogP contribution in [0, 0.1) is 5.41 Å². The maximum Gasteiger partial charge on any atom is 0.224 e. The van der Waals surface area contributed by atoms with Gasteiger partial charge in [0.1, 0.15) is 5.69 Å². The van der Waals surface area contributed by atoms with E-state index in [0.29, 0.717) is 12.1 Å². The molecule has 0 spiro atoms. The van der Waals surface area contributed by atoms with Crippen LogP contribution in [0.2, 0.25) is 0 Å². The van der Waals surface area contributed by atoms with Crippen molar-refractivity contribution in [2.45, 2.75) is 27.2 Å². The summed E-state index contributed by atoms with van der Waals surface area (Å²) >= 11 is 0. The maximum absolute atomic E-state index is 12.4. The van der Waals surface area contributed by atoms with Crippen molar-refractivity contribution in [2.24, 2.45) is 5.41 Å². The van der Waals surface area contributed by atoms with E-state index in [9.17, 15) is 4.79 Å². The Labute approximate surface area is 218 Å². The second-order valence-electron chi connectivity index (χ2n) is 10.5. The Morgan fingerprint density at radius 1 is 0.895 bits per heavy atom. The number of carbonyl (C=O) groups is 1. The molecule has 9 heteroatoms. The number of hydrogen-bond donors (Lipinski definition) is 3. The van der Waals surface area contributed by atoms with Crippen molar-refractivity contribution in [3.05, 3.63) is 73.6 Å². The molecule has 38 heavy (non-hydrogen) atoms. The fraction of sp³-hybridized carbons (Fsp3) is 0.172. The van der Waals surface area contributed by atoms with E-state index in [1.807, 2.05) is 57.3 Å². The lowest BCUT2D eigenvalue weighted by molar-refractivity contribution is -0.117. The van der Waals surface area contributed by atoms with Crippen molar-refractivity contribution in [3.63, 3.8) is 0 Å². The first-order valence-corrected chi connectivity index (χ1v) is 12.3. The molecule has 6 rings (SSSR count). The molecule has 0 saturated carbocycles. The number of amides is 1. The number of aromatic nitrogens is 7. The fourth-order valence-electron chi connectivity index (χ4n) is 4.52. The van der Waals surface area contributed by atoms with E-state index in [0.717, 1.165) is 55.7 Å². The van der Waals surface area contributed by atoms with Crippen molar-refractivity contribution in [1.29, 1.82) is 0 Å². The van der Waals surface area contributed by atoms with Crippen LogP contribution >= 0.6 is 0 Å². The number of pyridine rings is 4. The van der Waals surface area contributed by atoms with Gasteiger partial charge >= 0.3 is 0 Å². The predicted octanol–water partition coefficient (Wildman–Crippen LogP) is 6.00. The van der Waals surface area contributed by atoms with Crippen LogP contribution in [0.3, 0.4) is 0 Å². The van der Waals surface area contributed by atoms with Gasteiger partial charge < -0.3 is 10.3 Å². The topological polar surface area (TPSA) is 125 Å². The zero-order valence-electron chi connectivity index (χ0n) is 21.3. The molecule has 6 aromatic rings. The highest BCUT2D eigenvalue weighted by atomic mass is 16.1. The summed E-state index contributed by atoms with van der Waals surface area (Å²) in [7, 11) is 0. The molecule has 188 valence electrons. The lowest BCUT2D eigenvalue weighted by Crippen LogP contribution is -2.19. The van der Waals surface area contributed by atoms with Crippen molar-refractivity contribution >= 4 is 33.4 Å². The molecular weight excluding hydrogens is 476 g/mol. The van der Waals surface area contributed by atoms with Gasteiger partial charge in [-0.1, -0.05) is 26.8 Å². The van der Waals surface area contributed by atoms with Gasteiger partial charge in [0.05, 0.1) is 52.4 Å². The van der Waals surface area contributed by atoms with Crippen LogP contribution in [0.15, 0.2) is 73.6 Å². The summed E-state index contributed by atoms with van der Waals surface area (Å²) in [5, 5.41) is 12.5. The molecule has 6 aromatic heterocycles. The Bertz CT molecular complexity index is 1780. The molecular formula is C29H26N8O. The summed E-state index contributed by atoms with van der Waals surface area (Å²) < 4.78 is 0. The standard InChI is InChI=1S/C29H26N8O/c1-29(2,3)11-27(38)34-18-8-17(12-30-13-18)23-10-20-26(16-33-23)36-37-28(20)24-9-19-21(14-31-15-25(19)35-24)22-6-4-5-7-32-22/h4-10,12-16,35H,11H2,1-3H3,(H,34,38)(H,36,37). The third kappa shape index (κ3) is 4.61. The molecule has 0 aliphatic rings. The van der Waals surface area contributed by atoms with Crippen LogP contribution in [-0.4, -0.2) is 41.0 Å². The van der Waals surface area contributed by atoms with Gasteiger partial charge in [0, 0.05) is 46.9 Å². The molecule has 1 amide bonds. The molecule has 0 radical (unpaired) electrons. The van der Waals surface area contributed by atoms with E-state index in [4.69, 9.17) is 0 Å². The quantitative estimate of drug-likeness (QED) is 0.265. The second kappa shape index (κ2) is 9.19.